The summed E-state index contributed by atoms with van der Waals surface area (Å²) in [4.78, 5) is 0. The van der Waals surface area contributed by atoms with Crippen LogP contribution in [-0.2, 0) is 6.42 Å². The SMILES string of the molecule is CCCc1ccc(C2CCC(C3CCC(/C=C/C=C(C)C)CC3)CC2)cc1. The molecule has 0 nitrogen and oxygen atoms in total. The lowest BCUT2D eigenvalue weighted by molar-refractivity contribution is 0.171. The van der Waals surface area contributed by atoms with Crippen molar-refractivity contribution in [2.45, 2.75) is 90.9 Å². The molecular weight excluding hydrogens is 324 g/mol. The summed E-state index contributed by atoms with van der Waals surface area (Å²) in [6.07, 6.45) is 21.0. The minimum atomic E-state index is 0.820. The Bertz CT molecular complexity index is 598. The van der Waals surface area contributed by atoms with E-state index in [4.69, 9.17) is 0 Å². The third kappa shape index (κ3) is 6.09. The number of allylic oxidation sites excluding steroid dienone is 4. The smallest absolute Gasteiger partial charge is 0.0162 e. The van der Waals surface area contributed by atoms with Gasteiger partial charge in [-0.1, -0.05) is 61.4 Å². The van der Waals surface area contributed by atoms with Crippen molar-refractivity contribution in [1.29, 1.82) is 0 Å². The predicted molar refractivity (Wildman–Crippen MR) is 119 cm³/mol. The summed E-state index contributed by atoms with van der Waals surface area (Å²) in [5.41, 5.74) is 4.50. The van der Waals surface area contributed by atoms with Gasteiger partial charge in [0, 0.05) is 0 Å². The van der Waals surface area contributed by atoms with Crippen LogP contribution >= 0.6 is 0 Å². The Kier molecular flexibility index (Phi) is 7.80. The van der Waals surface area contributed by atoms with Crippen molar-refractivity contribution < 1.29 is 0 Å². The van der Waals surface area contributed by atoms with Crippen molar-refractivity contribution in [3.63, 3.8) is 0 Å². The van der Waals surface area contributed by atoms with Crippen LogP contribution in [0.25, 0.3) is 0 Å². The van der Waals surface area contributed by atoms with Crippen LogP contribution in [-0.4, -0.2) is 0 Å². The highest BCUT2D eigenvalue weighted by atomic mass is 14.4. The van der Waals surface area contributed by atoms with Crippen molar-refractivity contribution in [3.05, 3.63) is 59.2 Å². The first-order chi connectivity index (χ1) is 13.2. The van der Waals surface area contributed by atoms with Gasteiger partial charge in [0.1, 0.15) is 0 Å². The molecule has 2 aliphatic rings. The second-order valence-corrected chi connectivity index (χ2v) is 9.41. The first-order valence-corrected chi connectivity index (χ1v) is 11.6. The lowest BCUT2D eigenvalue weighted by Gasteiger charge is -2.37. The monoisotopic (exact) mass is 364 g/mol. The van der Waals surface area contributed by atoms with Gasteiger partial charge in [-0.2, -0.15) is 0 Å². The molecule has 1 aromatic carbocycles. The predicted octanol–water partition coefficient (Wildman–Crippen LogP) is 8.24. The summed E-state index contributed by atoms with van der Waals surface area (Å²) >= 11 is 0. The second-order valence-electron chi connectivity index (χ2n) is 9.41. The van der Waals surface area contributed by atoms with Gasteiger partial charge in [0.15, 0.2) is 0 Å². The standard InChI is InChI=1S/C27H40/c1-4-6-22-9-13-24(14-10-22)26-17-19-27(20-18-26)25-15-11-23(12-16-25)8-5-7-21(2)3/h5,7-10,13-14,23,25-27H,4,6,11-12,15-20H2,1-3H3/b8-5+. The Morgan fingerprint density at radius 3 is 2.00 bits per heavy atom. The van der Waals surface area contributed by atoms with E-state index < -0.39 is 0 Å². The lowest BCUT2D eigenvalue weighted by Crippen LogP contribution is -2.25. The zero-order valence-electron chi connectivity index (χ0n) is 17.9. The van der Waals surface area contributed by atoms with Gasteiger partial charge in [0.05, 0.1) is 0 Å². The highest BCUT2D eigenvalue weighted by molar-refractivity contribution is 5.26. The van der Waals surface area contributed by atoms with E-state index in [9.17, 15) is 0 Å². The number of benzene rings is 1. The van der Waals surface area contributed by atoms with E-state index in [1.54, 1.807) is 5.56 Å². The Balaban J connectivity index is 1.43. The maximum absolute atomic E-state index is 2.46. The quantitative estimate of drug-likeness (QED) is 0.446. The average Bonchev–Trinajstić information content (AvgIpc) is 2.69. The molecule has 0 heterocycles. The van der Waals surface area contributed by atoms with Gasteiger partial charge in [-0.25, -0.2) is 0 Å². The first-order valence-electron chi connectivity index (χ1n) is 11.6. The molecule has 0 radical (unpaired) electrons. The molecule has 2 fully saturated rings. The van der Waals surface area contributed by atoms with E-state index in [0.29, 0.717) is 0 Å². The molecule has 27 heavy (non-hydrogen) atoms. The first kappa shape index (κ1) is 20.4. The van der Waals surface area contributed by atoms with Gasteiger partial charge in [-0.05, 0) is 106 Å². The largest absolute Gasteiger partial charge is 0.0814 e. The number of hydrogen-bond acceptors (Lipinski definition) is 0. The zero-order valence-corrected chi connectivity index (χ0v) is 17.9. The Labute approximate surface area is 168 Å². The van der Waals surface area contributed by atoms with E-state index in [-0.39, 0.29) is 0 Å². The molecule has 0 saturated heterocycles. The van der Waals surface area contributed by atoms with E-state index in [1.165, 1.54) is 75.3 Å². The van der Waals surface area contributed by atoms with E-state index in [0.717, 1.165) is 23.7 Å². The highest BCUT2D eigenvalue weighted by Crippen LogP contribution is 2.44. The van der Waals surface area contributed by atoms with Crippen LogP contribution in [0.3, 0.4) is 0 Å². The molecule has 0 unspecified atom stereocenters. The van der Waals surface area contributed by atoms with Gasteiger partial charge in [0.25, 0.3) is 0 Å². The summed E-state index contributed by atoms with van der Waals surface area (Å²) in [7, 11) is 0. The molecule has 0 N–H and O–H groups in total. The molecule has 2 aliphatic carbocycles. The molecule has 3 rings (SSSR count). The third-order valence-electron chi connectivity index (χ3n) is 7.06. The van der Waals surface area contributed by atoms with Crippen LogP contribution in [0.1, 0.15) is 95.6 Å². The minimum absolute atomic E-state index is 0.820. The van der Waals surface area contributed by atoms with Gasteiger partial charge >= 0.3 is 0 Å². The van der Waals surface area contributed by atoms with Crippen molar-refractivity contribution >= 4 is 0 Å². The van der Waals surface area contributed by atoms with Gasteiger partial charge < -0.3 is 0 Å². The molecule has 1 aromatic rings. The number of hydrogen-bond donors (Lipinski definition) is 0. The molecule has 0 atom stereocenters. The fourth-order valence-electron chi connectivity index (χ4n) is 5.38. The number of rotatable bonds is 6. The van der Waals surface area contributed by atoms with E-state index >= 15 is 0 Å². The fraction of sp³-hybridized carbons (Fsp3) is 0.630. The summed E-state index contributed by atoms with van der Waals surface area (Å²) in [6, 6.07) is 9.57. The summed E-state index contributed by atoms with van der Waals surface area (Å²) < 4.78 is 0. The third-order valence-corrected chi connectivity index (χ3v) is 7.06. The van der Waals surface area contributed by atoms with Gasteiger partial charge in [-0.15, -0.1) is 0 Å². The molecule has 2 saturated carbocycles. The Morgan fingerprint density at radius 2 is 1.44 bits per heavy atom. The lowest BCUT2D eigenvalue weighted by atomic mass is 9.68. The van der Waals surface area contributed by atoms with Crippen molar-refractivity contribution in [2.24, 2.45) is 17.8 Å². The van der Waals surface area contributed by atoms with Crippen LogP contribution in [0.2, 0.25) is 0 Å². The molecule has 0 amide bonds. The maximum Gasteiger partial charge on any atom is -0.0162 e. The van der Waals surface area contributed by atoms with E-state index in [1.807, 2.05) is 0 Å². The second kappa shape index (κ2) is 10.3. The molecule has 0 heteroatoms. The summed E-state index contributed by atoms with van der Waals surface area (Å²) in [6.45, 7) is 6.62. The normalized spacial score (nSPS) is 29.0. The van der Waals surface area contributed by atoms with Crippen molar-refractivity contribution in [1.82, 2.24) is 0 Å². The van der Waals surface area contributed by atoms with Crippen LogP contribution in [0.4, 0.5) is 0 Å². The van der Waals surface area contributed by atoms with Gasteiger partial charge in [0.2, 0.25) is 0 Å². The summed E-state index contributed by atoms with van der Waals surface area (Å²) in [5, 5.41) is 0. The minimum Gasteiger partial charge on any atom is -0.0814 e. The molecule has 0 aliphatic heterocycles. The zero-order chi connectivity index (χ0) is 19.1. The molecular formula is C27H40. The van der Waals surface area contributed by atoms with Crippen LogP contribution in [0.5, 0.6) is 0 Å². The number of aryl methyl sites for hydroxylation is 1. The molecule has 0 spiro atoms. The molecule has 0 bridgehead atoms. The summed E-state index contributed by atoms with van der Waals surface area (Å²) in [5.74, 6) is 3.66. The highest BCUT2D eigenvalue weighted by Gasteiger charge is 2.30. The van der Waals surface area contributed by atoms with Crippen molar-refractivity contribution in [2.75, 3.05) is 0 Å². The van der Waals surface area contributed by atoms with Gasteiger partial charge in [-0.3, -0.25) is 0 Å². The topological polar surface area (TPSA) is 0 Å². The Hall–Kier alpha value is -1.30. The van der Waals surface area contributed by atoms with Crippen LogP contribution < -0.4 is 0 Å². The van der Waals surface area contributed by atoms with Crippen LogP contribution in [0, 0.1) is 17.8 Å². The maximum atomic E-state index is 2.46. The van der Waals surface area contributed by atoms with E-state index in [2.05, 4.69) is 63.3 Å². The van der Waals surface area contributed by atoms with Crippen LogP contribution in [0.15, 0.2) is 48.1 Å². The Morgan fingerprint density at radius 1 is 0.852 bits per heavy atom. The average molecular weight is 365 g/mol. The fourth-order valence-corrected chi connectivity index (χ4v) is 5.38. The molecule has 0 aromatic heterocycles. The molecule has 148 valence electrons. The van der Waals surface area contributed by atoms with Crippen molar-refractivity contribution in [3.8, 4) is 0 Å².